The average Bonchev–Trinajstić information content (AvgIpc) is 2.27. The van der Waals surface area contributed by atoms with Crippen LogP contribution in [0.1, 0.15) is 30.7 Å². The van der Waals surface area contributed by atoms with Gasteiger partial charge in [-0.1, -0.05) is 24.6 Å². The average molecular weight is 284 g/mol. The van der Waals surface area contributed by atoms with Gasteiger partial charge in [-0.05, 0) is 12.5 Å². The van der Waals surface area contributed by atoms with Crippen LogP contribution in [0.15, 0.2) is 12.1 Å². The lowest BCUT2D eigenvalue weighted by atomic mass is 10.1. The molecule has 1 N–H and O–H groups in total. The quantitative estimate of drug-likeness (QED) is 0.666. The van der Waals surface area contributed by atoms with E-state index in [1.807, 2.05) is 6.92 Å². The van der Waals surface area contributed by atoms with Gasteiger partial charge < -0.3 is 9.84 Å². The van der Waals surface area contributed by atoms with Gasteiger partial charge in [0.05, 0.1) is 6.61 Å². The molecule has 0 amide bonds. The number of ether oxygens (including phenoxy) is 1. The van der Waals surface area contributed by atoms with Gasteiger partial charge >= 0.3 is 6.18 Å². The Hall–Kier alpha value is -0.850. The third-order valence-corrected chi connectivity index (χ3v) is 2.45. The van der Waals surface area contributed by atoms with Crippen molar-refractivity contribution in [3.8, 4) is 0 Å². The lowest BCUT2D eigenvalue weighted by Gasteiger charge is -2.14. The summed E-state index contributed by atoms with van der Waals surface area (Å²) in [5.74, 6) is 0. The molecule has 1 aromatic heterocycles. The Labute approximate surface area is 108 Å². The van der Waals surface area contributed by atoms with Gasteiger partial charge in [0, 0.05) is 12.2 Å². The van der Waals surface area contributed by atoms with E-state index in [0.29, 0.717) is 6.61 Å². The van der Waals surface area contributed by atoms with Crippen LogP contribution in [-0.4, -0.2) is 23.3 Å². The second-order valence-corrected chi connectivity index (χ2v) is 4.02. The minimum Gasteiger partial charge on any atom is -0.386 e. The van der Waals surface area contributed by atoms with Gasteiger partial charge in [-0.15, -0.1) is 0 Å². The van der Waals surface area contributed by atoms with Crippen molar-refractivity contribution in [2.45, 2.75) is 25.6 Å². The number of rotatable bonds is 5. The van der Waals surface area contributed by atoms with Gasteiger partial charge in [0.1, 0.15) is 17.0 Å². The highest BCUT2D eigenvalue weighted by Gasteiger charge is 2.33. The van der Waals surface area contributed by atoms with E-state index < -0.39 is 18.0 Å². The number of aromatic nitrogens is 1. The normalized spacial score (nSPS) is 13.7. The van der Waals surface area contributed by atoms with Crippen LogP contribution in [0.2, 0.25) is 5.15 Å². The van der Waals surface area contributed by atoms with Crippen LogP contribution in [0.3, 0.4) is 0 Å². The Balaban J connectivity index is 2.79. The third-order valence-electron chi connectivity index (χ3n) is 2.15. The Kier molecular flexibility index (Phi) is 5.37. The van der Waals surface area contributed by atoms with Crippen molar-refractivity contribution >= 4 is 11.6 Å². The molecule has 1 aromatic rings. The summed E-state index contributed by atoms with van der Waals surface area (Å²) in [5, 5.41) is 9.33. The van der Waals surface area contributed by atoms with E-state index in [4.69, 9.17) is 16.3 Å². The van der Waals surface area contributed by atoms with E-state index in [2.05, 4.69) is 4.98 Å². The van der Waals surface area contributed by atoms with Crippen LogP contribution in [0.4, 0.5) is 13.2 Å². The van der Waals surface area contributed by atoms with Crippen molar-refractivity contribution in [1.82, 2.24) is 4.98 Å². The molecule has 0 aliphatic heterocycles. The Bertz CT molecular complexity index is 398. The van der Waals surface area contributed by atoms with Crippen molar-refractivity contribution in [1.29, 1.82) is 0 Å². The minimum atomic E-state index is -4.55. The highest BCUT2D eigenvalue weighted by molar-refractivity contribution is 6.30. The first-order chi connectivity index (χ1) is 8.36. The minimum absolute atomic E-state index is 0.0272. The number of aliphatic hydroxyl groups excluding tert-OH is 1. The standard InChI is InChI=1S/C11H13ClF3NO2/c1-2-5-18-6-8(17)7-3-4-9(11(13,14)15)16-10(7)12/h3-4,8,17H,2,5-6H2,1H3. The molecule has 1 rings (SSSR count). The fourth-order valence-electron chi connectivity index (χ4n) is 1.28. The fourth-order valence-corrected chi connectivity index (χ4v) is 1.56. The van der Waals surface area contributed by atoms with Crippen LogP contribution >= 0.6 is 11.6 Å². The topological polar surface area (TPSA) is 42.4 Å². The number of alkyl halides is 3. The second-order valence-electron chi connectivity index (χ2n) is 3.67. The first kappa shape index (κ1) is 15.2. The molecule has 0 saturated carbocycles. The van der Waals surface area contributed by atoms with Gasteiger partial charge in [0.15, 0.2) is 0 Å². The summed E-state index contributed by atoms with van der Waals surface area (Å²) >= 11 is 5.62. The molecular formula is C11H13ClF3NO2. The molecule has 0 saturated heterocycles. The maximum absolute atomic E-state index is 12.3. The molecule has 0 spiro atoms. The summed E-state index contributed by atoms with van der Waals surface area (Å²) in [6, 6.07) is 1.89. The molecule has 102 valence electrons. The summed E-state index contributed by atoms with van der Waals surface area (Å²) in [6.07, 6.45) is -4.85. The van der Waals surface area contributed by atoms with Crippen molar-refractivity contribution < 1.29 is 23.0 Å². The number of aliphatic hydroxyl groups is 1. The summed E-state index contributed by atoms with van der Waals surface area (Å²) < 4.78 is 42.1. The van der Waals surface area contributed by atoms with Gasteiger partial charge in [-0.3, -0.25) is 0 Å². The number of pyridine rings is 1. The van der Waals surface area contributed by atoms with Gasteiger partial charge in [-0.25, -0.2) is 4.98 Å². The zero-order valence-electron chi connectivity index (χ0n) is 9.67. The van der Waals surface area contributed by atoms with Gasteiger partial charge in [0.25, 0.3) is 0 Å². The van der Waals surface area contributed by atoms with E-state index in [1.165, 1.54) is 0 Å². The summed E-state index contributed by atoms with van der Waals surface area (Å²) in [7, 11) is 0. The second kappa shape index (κ2) is 6.36. The van der Waals surface area contributed by atoms with E-state index in [9.17, 15) is 18.3 Å². The van der Waals surface area contributed by atoms with E-state index in [0.717, 1.165) is 18.6 Å². The molecule has 18 heavy (non-hydrogen) atoms. The largest absolute Gasteiger partial charge is 0.433 e. The highest BCUT2D eigenvalue weighted by atomic mass is 35.5. The number of halogens is 4. The van der Waals surface area contributed by atoms with Crippen LogP contribution in [-0.2, 0) is 10.9 Å². The molecule has 0 aromatic carbocycles. The lowest BCUT2D eigenvalue weighted by Crippen LogP contribution is -2.12. The van der Waals surface area contributed by atoms with E-state index in [-0.39, 0.29) is 17.3 Å². The first-order valence-electron chi connectivity index (χ1n) is 5.35. The van der Waals surface area contributed by atoms with Gasteiger partial charge in [0.2, 0.25) is 0 Å². The highest BCUT2D eigenvalue weighted by Crippen LogP contribution is 2.31. The smallest absolute Gasteiger partial charge is 0.386 e. The van der Waals surface area contributed by atoms with Crippen LogP contribution in [0.5, 0.6) is 0 Å². The van der Waals surface area contributed by atoms with Crippen molar-refractivity contribution in [3.05, 3.63) is 28.5 Å². The predicted molar refractivity (Wildman–Crippen MR) is 60.3 cm³/mol. The Morgan fingerprint density at radius 1 is 1.44 bits per heavy atom. The third kappa shape index (κ3) is 4.12. The van der Waals surface area contributed by atoms with E-state index in [1.54, 1.807) is 0 Å². The van der Waals surface area contributed by atoms with Crippen LogP contribution < -0.4 is 0 Å². The molecular weight excluding hydrogens is 271 g/mol. The molecule has 0 bridgehead atoms. The monoisotopic (exact) mass is 283 g/mol. The summed E-state index contributed by atoms with van der Waals surface area (Å²) in [6.45, 7) is 2.34. The molecule has 1 heterocycles. The number of nitrogens with zero attached hydrogens (tertiary/aromatic N) is 1. The van der Waals surface area contributed by atoms with Crippen molar-refractivity contribution in [2.75, 3.05) is 13.2 Å². The zero-order valence-corrected chi connectivity index (χ0v) is 10.4. The predicted octanol–water partition coefficient (Wildman–Crippen LogP) is 3.21. The molecule has 0 aliphatic carbocycles. The van der Waals surface area contributed by atoms with E-state index >= 15 is 0 Å². The maximum atomic E-state index is 12.3. The van der Waals surface area contributed by atoms with Crippen LogP contribution in [0, 0.1) is 0 Å². The molecule has 7 heteroatoms. The molecule has 1 unspecified atom stereocenters. The lowest BCUT2D eigenvalue weighted by molar-refractivity contribution is -0.141. The molecule has 0 fully saturated rings. The summed E-state index contributed by atoms with van der Waals surface area (Å²) in [4.78, 5) is 3.22. The van der Waals surface area contributed by atoms with Gasteiger partial charge in [-0.2, -0.15) is 13.2 Å². The SMILES string of the molecule is CCCOCC(O)c1ccc(C(F)(F)F)nc1Cl. The molecule has 3 nitrogen and oxygen atoms in total. The number of hydrogen-bond donors (Lipinski definition) is 1. The zero-order chi connectivity index (χ0) is 13.8. The number of hydrogen-bond acceptors (Lipinski definition) is 3. The Morgan fingerprint density at radius 2 is 2.11 bits per heavy atom. The molecule has 1 atom stereocenters. The molecule has 0 aliphatic rings. The fraction of sp³-hybridized carbons (Fsp3) is 0.545. The molecule has 0 radical (unpaired) electrons. The Morgan fingerprint density at radius 3 is 2.61 bits per heavy atom. The van der Waals surface area contributed by atoms with Crippen LogP contribution in [0.25, 0.3) is 0 Å². The summed E-state index contributed by atoms with van der Waals surface area (Å²) in [5.41, 5.74) is -0.960. The maximum Gasteiger partial charge on any atom is 0.433 e. The van der Waals surface area contributed by atoms with Crippen molar-refractivity contribution in [2.24, 2.45) is 0 Å². The van der Waals surface area contributed by atoms with Crippen molar-refractivity contribution in [3.63, 3.8) is 0 Å². The first-order valence-corrected chi connectivity index (χ1v) is 5.73.